The third kappa shape index (κ3) is 13.4. The van der Waals surface area contributed by atoms with Gasteiger partial charge in [0.1, 0.15) is 0 Å². The molecular weight excluding hydrogens is 432 g/mol. The predicted molar refractivity (Wildman–Crippen MR) is 127 cm³/mol. The van der Waals surface area contributed by atoms with Crippen molar-refractivity contribution >= 4 is 35.3 Å². The minimum Gasteiger partial charge on any atom is -0.473 e. The SMILES string of the molecule is CC(=O)Nc1ccccc1SCCCCN(C)CCc1ccccc1.O.O=C(O)C(=O)O. The first-order valence-electron chi connectivity index (χ1n) is 9.97. The zero-order chi connectivity index (χ0) is 23.1. The van der Waals surface area contributed by atoms with E-state index in [1.807, 2.05) is 30.0 Å². The van der Waals surface area contributed by atoms with Crippen molar-refractivity contribution in [2.45, 2.75) is 31.1 Å². The van der Waals surface area contributed by atoms with Crippen molar-refractivity contribution in [1.29, 1.82) is 0 Å². The van der Waals surface area contributed by atoms with Gasteiger partial charge in [-0.2, -0.15) is 0 Å². The molecule has 9 heteroatoms. The number of para-hydroxylation sites is 1. The van der Waals surface area contributed by atoms with Crippen LogP contribution in [0.25, 0.3) is 0 Å². The molecule has 0 aliphatic carbocycles. The summed E-state index contributed by atoms with van der Waals surface area (Å²) in [6, 6.07) is 18.7. The molecule has 0 fully saturated rings. The number of thioether (sulfide) groups is 1. The van der Waals surface area contributed by atoms with E-state index in [1.165, 1.54) is 18.4 Å². The van der Waals surface area contributed by atoms with Crippen molar-refractivity contribution in [1.82, 2.24) is 4.90 Å². The summed E-state index contributed by atoms with van der Waals surface area (Å²) >= 11 is 1.82. The monoisotopic (exact) mass is 464 g/mol. The molecule has 32 heavy (non-hydrogen) atoms. The van der Waals surface area contributed by atoms with Gasteiger partial charge in [-0.25, -0.2) is 9.59 Å². The van der Waals surface area contributed by atoms with Gasteiger partial charge in [0.25, 0.3) is 0 Å². The smallest absolute Gasteiger partial charge is 0.414 e. The summed E-state index contributed by atoms with van der Waals surface area (Å²) in [5.41, 5.74) is 2.32. The topological polar surface area (TPSA) is 138 Å². The van der Waals surface area contributed by atoms with Gasteiger partial charge < -0.3 is 25.9 Å². The van der Waals surface area contributed by atoms with E-state index in [0.29, 0.717) is 0 Å². The molecule has 0 spiro atoms. The van der Waals surface area contributed by atoms with E-state index in [9.17, 15) is 4.79 Å². The van der Waals surface area contributed by atoms with Gasteiger partial charge in [0.2, 0.25) is 5.91 Å². The Bertz CT molecular complexity index is 820. The van der Waals surface area contributed by atoms with Crippen molar-refractivity contribution in [3.63, 3.8) is 0 Å². The van der Waals surface area contributed by atoms with E-state index in [-0.39, 0.29) is 11.4 Å². The number of unbranched alkanes of at least 4 members (excludes halogenated alkanes) is 1. The van der Waals surface area contributed by atoms with E-state index in [1.54, 1.807) is 6.92 Å². The first-order chi connectivity index (χ1) is 14.8. The molecule has 0 radical (unpaired) electrons. The van der Waals surface area contributed by atoms with Gasteiger partial charge in [-0.05, 0) is 56.3 Å². The molecule has 0 bridgehead atoms. The molecule has 0 unspecified atom stereocenters. The average Bonchev–Trinajstić information content (AvgIpc) is 2.74. The second kappa shape index (κ2) is 16.8. The van der Waals surface area contributed by atoms with Crippen LogP contribution in [0.1, 0.15) is 25.3 Å². The van der Waals surface area contributed by atoms with Crippen LogP contribution in [0.2, 0.25) is 0 Å². The van der Waals surface area contributed by atoms with Crippen molar-refractivity contribution in [2.24, 2.45) is 0 Å². The molecule has 5 N–H and O–H groups in total. The van der Waals surface area contributed by atoms with Crippen molar-refractivity contribution in [3.8, 4) is 0 Å². The van der Waals surface area contributed by atoms with E-state index in [0.717, 1.165) is 35.8 Å². The van der Waals surface area contributed by atoms with Gasteiger partial charge in [-0.15, -0.1) is 11.8 Å². The van der Waals surface area contributed by atoms with Gasteiger partial charge in [-0.3, -0.25) is 4.79 Å². The summed E-state index contributed by atoms with van der Waals surface area (Å²) in [6.07, 6.45) is 3.48. The fourth-order valence-corrected chi connectivity index (χ4v) is 3.65. The Morgan fingerprint density at radius 1 is 0.906 bits per heavy atom. The lowest BCUT2D eigenvalue weighted by Crippen LogP contribution is -2.22. The van der Waals surface area contributed by atoms with E-state index < -0.39 is 11.9 Å². The predicted octanol–water partition coefficient (Wildman–Crippen LogP) is 3.02. The average molecular weight is 465 g/mol. The number of benzene rings is 2. The van der Waals surface area contributed by atoms with Crippen LogP contribution in [-0.4, -0.2) is 64.3 Å². The van der Waals surface area contributed by atoms with Crippen LogP contribution in [0.4, 0.5) is 5.69 Å². The standard InChI is InChI=1S/C21H28N2OS.C2H2O4.H2O/c1-18(24)22-20-12-6-7-13-21(20)25-17-9-8-15-23(2)16-14-19-10-4-3-5-11-19;3-1(4)2(5)6;/h3-7,10-13H,8-9,14-17H2,1-2H3,(H,22,24);(H,3,4)(H,5,6);1H2. The molecule has 2 aromatic carbocycles. The van der Waals surface area contributed by atoms with Gasteiger partial charge in [0.05, 0.1) is 5.69 Å². The number of likely N-dealkylation sites (N-methyl/N-ethyl adjacent to an activating group) is 1. The molecule has 0 aromatic heterocycles. The molecular formula is C23H32N2O6S. The fraction of sp³-hybridized carbons (Fsp3) is 0.348. The minimum atomic E-state index is -1.82. The summed E-state index contributed by atoms with van der Waals surface area (Å²) in [5.74, 6) is -2.60. The Labute approximate surface area is 192 Å². The molecule has 0 aliphatic rings. The van der Waals surface area contributed by atoms with Gasteiger partial charge in [0, 0.05) is 18.4 Å². The zero-order valence-corrected chi connectivity index (χ0v) is 19.2. The summed E-state index contributed by atoms with van der Waals surface area (Å²) in [5, 5.41) is 17.7. The second-order valence-electron chi connectivity index (χ2n) is 6.88. The van der Waals surface area contributed by atoms with Crippen LogP contribution in [-0.2, 0) is 20.8 Å². The summed E-state index contributed by atoms with van der Waals surface area (Å²) in [7, 11) is 2.20. The van der Waals surface area contributed by atoms with Crippen molar-refractivity contribution in [3.05, 3.63) is 60.2 Å². The quantitative estimate of drug-likeness (QED) is 0.279. The lowest BCUT2D eigenvalue weighted by molar-refractivity contribution is -0.159. The Kier molecular flexibility index (Phi) is 15.3. The Morgan fingerprint density at radius 3 is 2.09 bits per heavy atom. The number of hydrogen-bond acceptors (Lipinski definition) is 5. The molecule has 0 saturated heterocycles. The molecule has 8 nitrogen and oxygen atoms in total. The molecule has 1 amide bonds. The van der Waals surface area contributed by atoms with E-state index >= 15 is 0 Å². The van der Waals surface area contributed by atoms with Gasteiger partial charge in [0.15, 0.2) is 0 Å². The number of carbonyl (C=O) groups is 3. The molecule has 0 atom stereocenters. The van der Waals surface area contributed by atoms with Crippen LogP contribution < -0.4 is 5.32 Å². The third-order valence-corrected chi connectivity index (χ3v) is 5.36. The highest BCUT2D eigenvalue weighted by atomic mass is 32.2. The number of amides is 1. The van der Waals surface area contributed by atoms with Gasteiger partial charge in [-0.1, -0.05) is 42.5 Å². The van der Waals surface area contributed by atoms with E-state index in [2.05, 4.69) is 53.7 Å². The maximum Gasteiger partial charge on any atom is 0.414 e. The first kappa shape index (κ1) is 29.1. The highest BCUT2D eigenvalue weighted by Gasteiger charge is 2.05. The van der Waals surface area contributed by atoms with Crippen molar-refractivity contribution < 1.29 is 30.1 Å². The number of carbonyl (C=O) groups excluding carboxylic acids is 1. The maximum atomic E-state index is 11.3. The van der Waals surface area contributed by atoms with Crippen LogP contribution in [0.5, 0.6) is 0 Å². The van der Waals surface area contributed by atoms with Crippen LogP contribution in [0, 0.1) is 0 Å². The number of anilines is 1. The van der Waals surface area contributed by atoms with Crippen molar-refractivity contribution in [2.75, 3.05) is 31.2 Å². The number of carboxylic acids is 2. The molecule has 0 aliphatic heterocycles. The third-order valence-electron chi connectivity index (χ3n) is 4.20. The summed E-state index contributed by atoms with van der Waals surface area (Å²) in [6.45, 7) is 3.77. The number of rotatable bonds is 10. The molecule has 2 aromatic rings. The Hall–Kier alpha value is -2.88. The summed E-state index contributed by atoms with van der Waals surface area (Å²) in [4.78, 5) is 33.0. The number of nitrogens with zero attached hydrogens (tertiary/aromatic N) is 1. The maximum absolute atomic E-state index is 11.3. The van der Waals surface area contributed by atoms with E-state index in [4.69, 9.17) is 19.8 Å². The Morgan fingerprint density at radius 2 is 1.50 bits per heavy atom. The van der Waals surface area contributed by atoms with Crippen LogP contribution in [0.15, 0.2) is 59.5 Å². The van der Waals surface area contributed by atoms with Crippen LogP contribution in [0.3, 0.4) is 0 Å². The molecule has 176 valence electrons. The Balaban J connectivity index is 0.00000121. The molecule has 0 saturated carbocycles. The summed E-state index contributed by atoms with van der Waals surface area (Å²) < 4.78 is 0. The van der Waals surface area contributed by atoms with Crippen LogP contribution >= 0.6 is 11.8 Å². The van der Waals surface area contributed by atoms with Gasteiger partial charge >= 0.3 is 11.9 Å². The molecule has 2 rings (SSSR count). The highest BCUT2D eigenvalue weighted by molar-refractivity contribution is 7.99. The number of nitrogens with one attached hydrogen (secondary N) is 1. The highest BCUT2D eigenvalue weighted by Crippen LogP contribution is 2.27. The second-order valence-corrected chi connectivity index (χ2v) is 8.02. The zero-order valence-electron chi connectivity index (χ0n) is 18.4. The largest absolute Gasteiger partial charge is 0.473 e. The lowest BCUT2D eigenvalue weighted by atomic mass is 10.1. The first-order valence-corrected chi connectivity index (χ1v) is 11.0. The number of aliphatic carboxylic acids is 2. The lowest BCUT2D eigenvalue weighted by Gasteiger charge is -2.16. The normalized spacial score (nSPS) is 9.84. The number of carboxylic acid groups (broad SMARTS) is 2. The molecule has 0 heterocycles. The number of hydrogen-bond donors (Lipinski definition) is 3. The fourth-order valence-electron chi connectivity index (χ4n) is 2.63. The minimum absolute atomic E-state index is 0.